The zero-order chi connectivity index (χ0) is 25.9. The molecule has 1 aromatic heterocycles. The van der Waals surface area contributed by atoms with Crippen molar-refractivity contribution >= 4 is 23.4 Å². The third-order valence-electron chi connectivity index (χ3n) is 7.48. The number of hydrogen-bond donors (Lipinski definition) is 3. The van der Waals surface area contributed by atoms with Gasteiger partial charge in [0.1, 0.15) is 5.82 Å². The van der Waals surface area contributed by atoms with Crippen LogP contribution < -0.4 is 20.9 Å². The minimum atomic E-state index is -0.484. The van der Waals surface area contributed by atoms with Crippen molar-refractivity contribution in [2.45, 2.75) is 89.8 Å². The molecule has 0 spiro atoms. The molecule has 36 heavy (non-hydrogen) atoms. The van der Waals surface area contributed by atoms with Gasteiger partial charge < -0.3 is 20.9 Å². The van der Waals surface area contributed by atoms with Crippen LogP contribution in [0.1, 0.15) is 81.7 Å². The van der Waals surface area contributed by atoms with Crippen LogP contribution in [0.25, 0.3) is 5.57 Å². The Bertz CT molecular complexity index is 1100. The number of nitrogens with zero attached hydrogens (tertiary/aromatic N) is 3. The van der Waals surface area contributed by atoms with Gasteiger partial charge in [-0.25, -0.2) is 9.78 Å². The van der Waals surface area contributed by atoms with Crippen LogP contribution in [-0.2, 0) is 18.4 Å². The highest BCUT2D eigenvalue weighted by atomic mass is 16.2. The number of carbonyl (C=O) groups is 1. The monoisotopic (exact) mass is 490 g/mol. The summed E-state index contributed by atoms with van der Waals surface area (Å²) in [5, 5.41) is 9.95. The van der Waals surface area contributed by atoms with Crippen LogP contribution >= 0.6 is 0 Å². The first-order valence-electron chi connectivity index (χ1n) is 13.3. The fourth-order valence-electron chi connectivity index (χ4n) is 5.32. The number of fused-ring (bicyclic) bond motifs is 1. The van der Waals surface area contributed by atoms with Gasteiger partial charge in [-0.1, -0.05) is 30.4 Å². The predicted molar refractivity (Wildman–Crippen MR) is 149 cm³/mol. The van der Waals surface area contributed by atoms with Crippen molar-refractivity contribution in [1.29, 1.82) is 0 Å². The summed E-state index contributed by atoms with van der Waals surface area (Å²) in [7, 11) is 4.11. The molecule has 0 atom stereocenters. The molecule has 1 fully saturated rings. The maximum absolute atomic E-state index is 12.8. The molecule has 2 aliphatic rings. The van der Waals surface area contributed by atoms with E-state index in [1.165, 1.54) is 24.1 Å². The van der Waals surface area contributed by atoms with Crippen molar-refractivity contribution in [2.24, 2.45) is 0 Å². The molecule has 7 nitrogen and oxygen atoms in total. The first-order valence-corrected chi connectivity index (χ1v) is 13.3. The van der Waals surface area contributed by atoms with E-state index >= 15 is 0 Å². The largest absolute Gasteiger partial charge is 0.362 e. The normalized spacial score (nSPS) is 19.7. The number of benzene rings is 1. The Morgan fingerprint density at radius 3 is 2.44 bits per heavy atom. The Hall–Kier alpha value is -3.09. The highest BCUT2D eigenvalue weighted by Crippen LogP contribution is 2.29. The van der Waals surface area contributed by atoms with Gasteiger partial charge in [0.25, 0.3) is 0 Å². The van der Waals surface area contributed by atoms with E-state index in [1.807, 2.05) is 39.0 Å². The lowest BCUT2D eigenvalue weighted by molar-refractivity contribution is 0.221. The summed E-state index contributed by atoms with van der Waals surface area (Å²) in [6.07, 6.45) is 8.34. The fourth-order valence-corrected chi connectivity index (χ4v) is 5.32. The van der Waals surface area contributed by atoms with E-state index < -0.39 is 5.54 Å². The van der Waals surface area contributed by atoms with E-state index in [4.69, 9.17) is 9.97 Å². The Morgan fingerprint density at radius 2 is 1.75 bits per heavy atom. The number of aromatic nitrogens is 2. The molecule has 1 saturated carbocycles. The third kappa shape index (κ3) is 6.18. The van der Waals surface area contributed by atoms with E-state index in [2.05, 4.69) is 47.6 Å². The summed E-state index contributed by atoms with van der Waals surface area (Å²) in [6, 6.07) is 8.59. The van der Waals surface area contributed by atoms with Crippen LogP contribution in [0.5, 0.6) is 0 Å². The Kier molecular flexibility index (Phi) is 7.86. The zero-order valence-corrected chi connectivity index (χ0v) is 22.6. The Balaban J connectivity index is 1.30. The molecule has 0 bridgehead atoms. The molecule has 194 valence electrons. The number of nitrogens with one attached hydrogen (secondary N) is 3. The van der Waals surface area contributed by atoms with Crippen LogP contribution in [0.15, 0.2) is 30.8 Å². The first kappa shape index (κ1) is 26.0. The highest BCUT2D eigenvalue weighted by molar-refractivity contribution is 5.75. The molecule has 2 amide bonds. The lowest BCUT2D eigenvalue weighted by Gasteiger charge is -2.32. The quantitative estimate of drug-likeness (QED) is 0.483. The van der Waals surface area contributed by atoms with Crippen LogP contribution in [0.2, 0.25) is 0 Å². The molecule has 0 saturated heterocycles. The molecule has 7 heteroatoms. The van der Waals surface area contributed by atoms with Crippen molar-refractivity contribution in [3.63, 3.8) is 0 Å². The minimum absolute atomic E-state index is 0.120. The molecule has 2 aliphatic carbocycles. The number of urea groups is 1. The standard InChI is InChI=1S/C29H42N6O/c1-19(2)20-10-9-11-21(18-20)29(3,4)34-28(36)31-23-16-14-22(15-17-23)30-27-32-25-13-8-7-12-24(25)26(33-27)35(5)6/h9-11,18,22-23H,1,7-8,12-17H2,2-6H3,(H,30,32,33)(H2,31,34,36)/t22-,23+. The number of anilines is 2. The van der Waals surface area contributed by atoms with Gasteiger partial charge in [-0.15, -0.1) is 0 Å². The lowest BCUT2D eigenvalue weighted by atomic mass is 9.90. The number of amides is 2. The van der Waals surface area contributed by atoms with Crippen LogP contribution in [0, 0.1) is 0 Å². The fraction of sp³-hybridized carbons (Fsp3) is 0.552. The second-order valence-corrected chi connectivity index (χ2v) is 11.2. The number of allylic oxidation sites excluding steroid dienone is 1. The van der Waals surface area contributed by atoms with Crippen LogP contribution in [0.3, 0.4) is 0 Å². The molecular weight excluding hydrogens is 448 g/mol. The number of hydrogen-bond acceptors (Lipinski definition) is 5. The first-order chi connectivity index (χ1) is 17.1. The van der Waals surface area contributed by atoms with Crippen molar-refractivity contribution in [1.82, 2.24) is 20.6 Å². The number of aryl methyl sites for hydroxylation is 1. The van der Waals surface area contributed by atoms with E-state index in [0.29, 0.717) is 6.04 Å². The Morgan fingerprint density at radius 1 is 1.06 bits per heavy atom. The Labute approximate surface area is 216 Å². The molecule has 1 aromatic carbocycles. The summed E-state index contributed by atoms with van der Waals surface area (Å²) in [5.41, 5.74) is 5.20. The van der Waals surface area contributed by atoms with E-state index in [9.17, 15) is 4.79 Å². The summed E-state index contributed by atoms with van der Waals surface area (Å²) >= 11 is 0. The molecule has 4 rings (SSSR count). The van der Waals surface area contributed by atoms with Crippen molar-refractivity contribution in [3.05, 3.63) is 53.2 Å². The molecular formula is C29H42N6O. The molecule has 0 unspecified atom stereocenters. The zero-order valence-electron chi connectivity index (χ0n) is 22.6. The van der Waals surface area contributed by atoms with Gasteiger partial charge in [-0.05, 0) is 89.3 Å². The van der Waals surface area contributed by atoms with Gasteiger partial charge in [0.05, 0.1) is 11.2 Å². The van der Waals surface area contributed by atoms with Crippen LogP contribution in [-0.4, -0.2) is 42.2 Å². The second kappa shape index (κ2) is 10.9. The van der Waals surface area contributed by atoms with E-state index in [0.717, 1.165) is 67.0 Å². The van der Waals surface area contributed by atoms with Gasteiger partial charge in [0.15, 0.2) is 0 Å². The lowest BCUT2D eigenvalue weighted by Crippen LogP contribution is -2.50. The summed E-state index contributed by atoms with van der Waals surface area (Å²) < 4.78 is 0. The van der Waals surface area contributed by atoms with Gasteiger partial charge in [0.2, 0.25) is 5.95 Å². The SMILES string of the molecule is C=C(C)c1cccc(C(C)(C)NC(=O)N[C@H]2CC[C@@H](Nc3nc4c(c(N(C)C)n3)CCCC4)CC2)c1. The van der Waals surface area contributed by atoms with Crippen molar-refractivity contribution in [2.75, 3.05) is 24.3 Å². The molecule has 2 aromatic rings. The summed E-state index contributed by atoms with van der Waals surface area (Å²) in [5.74, 6) is 1.79. The highest BCUT2D eigenvalue weighted by Gasteiger charge is 2.27. The van der Waals surface area contributed by atoms with Gasteiger partial charge in [-0.3, -0.25) is 0 Å². The predicted octanol–water partition coefficient (Wildman–Crippen LogP) is 5.41. The third-order valence-corrected chi connectivity index (χ3v) is 7.48. The minimum Gasteiger partial charge on any atom is -0.362 e. The van der Waals surface area contributed by atoms with Crippen molar-refractivity contribution in [3.8, 4) is 0 Å². The average molecular weight is 491 g/mol. The molecule has 0 radical (unpaired) electrons. The number of carbonyl (C=O) groups excluding carboxylic acids is 1. The second-order valence-electron chi connectivity index (χ2n) is 11.2. The maximum Gasteiger partial charge on any atom is 0.315 e. The van der Waals surface area contributed by atoms with Crippen LogP contribution in [0.4, 0.5) is 16.6 Å². The topological polar surface area (TPSA) is 82.2 Å². The molecule has 1 heterocycles. The summed E-state index contributed by atoms with van der Waals surface area (Å²) in [4.78, 5) is 24.7. The average Bonchev–Trinajstić information content (AvgIpc) is 2.84. The van der Waals surface area contributed by atoms with Crippen molar-refractivity contribution < 1.29 is 4.79 Å². The van der Waals surface area contributed by atoms with Gasteiger partial charge >= 0.3 is 6.03 Å². The molecule has 3 N–H and O–H groups in total. The van der Waals surface area contributed by atoms with Gasteiger partial charge in [-0.2, -0.15) is 4.98 Å². The number of rotatable bonds is 7. The van der Waals surface area contributed by atoms with Gasteiger partial charge in [0, 0.05) is 31.7 Å². The maximum atomic E-state index is 12.8. The van der Waals surface area contributed by atoms with E-state index in [1.54, 1.807) is 0 Å². The summed E-state index contributed by atoms with van der Waals surface area (Å²) in [6.45, 7) is 10.1. The molecule has 0 aliphatic heterocycles. The van der Waals surface area contributed by atoms with E-state index in [-0.39, 0.29) is 12.1 Å². The smallest absolute Gasteiger partial charge is 0.315 e.